The molecule has 5 rings (SSSR count). The molecule has 0 aromatic heterocycles. The number of aliphatic hydroxyl groups is 1. The molecule has 0 radical (unpaired) electrons. The van der Waals surface area contributed by atoms with Crippen LogP contribution in [-0.4, -0.2) is 89.8 Å². The summed E-state index contributed by atoms with van der Waals surface area (Å²) in [6.45, 7) is 3.34. The monoisotopic (exact) mass is 421 g/mol. The first-order chi connectivity index (χ1) is 14.1. The molecule has 30 heavy (non-hydrogen) atoms. The Morgan fingerprint density at radius 2 is 2.00 bits per heavy atom. The number of rotatable bonds is 3. The van der Waals surface area contributed by atoms with E-state index in [9.17, 15) is 19.5 Å². The molecule has 1 amide bonds. The zero-order valence-electron chi connectivity index (χ0n) is 16.8. The molecular weight excluding hydrogens is 398 g/mol. The predicted octanol–water partition coefficient (Wildman–Crippen LogP) is -1.18. The summed E-state index contributed by atoms with van der Waals surface area (Å²) >= 11 is 0. The lowest BCUT2D eigenvalue weighted by Gasteiger charge is -2.38. The standard InChI is InChI=1S/C19H23N3O8/c1-8-14(30-9(2)23)13-12(16(24)19(8)28-4-5-29-19)10(7-27-17(20)25)18(26)15-11(21(15)3)6-22(13)18/h10-11,15,26H,4-7H2,1-3H3,(H2,20,25)/t10-,11-,15-,18+,21?/m0/s1. The topological polar surface area (TPSA) is 141 Å². The van der Waals surface area contributed by atoms with Crippen molar-refractivity contribution in [3.05, 3.63) is 22.6 Å². The van der Waals surface area contributed by atoms with Crippen LogP contribution in [-0.2, 0) is 28.5 Å². The SMILES string of the molecule is CC(=O)OC1=C(C)C2(OCCO2)C(=O)C2=C1N1C[C@H]3[C@H](N3C)[C@]1(O)[C@H]2COC(N)=O. The number of likely N-dealkylation sites (N-methyl/N-ethyl adjacent to an activating group) is 1. The Bertz CT molecular complexity index is 936. The highest BCUT2D eigenvalue weighted by Gasteiger charge is 2.75. The Labute approximate surface area is 171 Å². The Balaban J connectivity index is 1.69. The Kier molecular flexibility index (Phi) is 3.92. The maximum atomic E-state index is 13.7. The van der Waals surface area contributed by atoms with Crippen molar-refractivity contribution in [3.8, 4) is 0 Å². The normalized spacial score (nSPS) is 38.0. The van der Waals surface area contributed by atoms with Crippen molar-refractivity contribution in [2.75, 3.05) is 33.4 Å². The zero-order valence-corrected chi connectivity index (χ0v) is 16.8. The van der Waals surface area contributed by atoms with Crippen LogP contribution in [0.15, 0.2) is 22.6 Å². The summed E-state index contributed by atoms with van der Waals surface area (Å²) in [6.07, 6.45) is -1.02. The number of piperazine rings is 1. The molecule has 5 aliphatic rings. The van der Waals surface area contributed by atoms with E-state index in [4.69, 9.17) is 24.7 Å². The van der Waals surface area contributed by atoms with Gasteiger partial charge in [-0.2, -0.15) is 0 Å². The number of carbonyl (C=O) groups is 3. The minimum Gasteiger partial charge on any atom is -0.449 e. The van der Waals surface area contributed by atoms with Gasteiger partial charge in [0.1, 0.15) is 6.61 Å². The van der Waals surface area contributed by atoms with Crippen LogP contribution in [0, 0.1) is 5.92 Å². The van der Waals surface area contributed by atoms with Crippen LogP contribution in [0.5, 0.6) is 0 Å². The van der Waals surface area contributed by atoms with Gasteiger partial charge in [-0.3, -0.25) is 14.5 Å². The number of esters is 1. The summed E-state index contributed by atoms with van der Waals surface area (Å²) in [5, 5.41) is 11.8. The van der Waals surface area contributed by atoms with Crippen molar-refractivity contribution in [2.24, 2.45) is 11.7 Å². The highest BCUT2D eigenvalue weighted by Crippen LogP contribution is 2.60. The van der Waals surface area contributed by atoms with Crippen molar-refractivity contribution in [2.45, 2.75) is 37.4 Å². The van der Waals surface area contributed by atoms with Crippen LogP contribution in [0.4, 0.5) is 4.79 Å². The second-order valence-corrected chi connectivity index (χ2v) is 8.21. The number of ether oxygens (including phenoxy) is 4. The maximum Gasteiger partial charge on any atom is 0.404 e. The largest absolute Gasteiger partial charge is 0.449 e. The summed E-state index contributed by atoms with van der Waals surface area (Å²) in [7, 11) is 1.87. The molecule has 162 valence electrons. The number of hydrogen-bond acceptors (Lipinski definition) is 10. The number of hydrogen-bond donors (Lipinski definition) is 2. The van der Waals surface area contributed by atoms with Crippen molar-refractivity contribution < 1.29 is 38.4 Å². The first-order valence-electron chi connectivity index (χ1n) is 9.75. The van der Waals surface area contributed by atoms with Gasteiger partial charge in [0.15, 0.2) is 11.5 Å². The molecule has 0 aromatic carbocycles. The number of ketones is 1. The van der Waals surface area contributed by atoms with Gasteiger partial charge < -0.3 is 34.7 Å². The van der Waals surface area contributed by atoms with E-state index in [-0.39, 0.29) is 43.2 Å². The lowest BCUT2D eigenvalue weighted by Crippen LogP contribution is -2.54. The summed E-state index contributed by atoms with van der Waals surface area (Å²) in [5.41, 5.74) is 4.41. The van der Waals surface area contributed by atoms with E-state index in [1.165, 1.54) is 6.92 Å². The number of primary amides is 1. The van der Waals surface area contributed by atoms with Crippen LogP contribution in [0.3, 0.4) is 0 Å². The molecule has 3 N–H and O–H groups in total. The average Bonchev–Trinajstić information content (AvgIpc) is 3.03. The fourth-order valence-corrected chi connectivity index (χ4v) is 5.48. The highest BCUT2D eigenvalue weighted by molar-refractivity contribution is 6.07. The molecule has 4 heterocycles. The number of amides is 1. The Morgan fingerprint density at radius 1 is 1.33 bits per heavy atom. The Morgan fingerprint density at radius 3 is 2.60 bits per heavy atom. The number of nitrogens with zero attached hydrogens (tertiary/aromatic N) is 2. The predicted molar refractivity (Wildman–Crippen MR) is 97.2 cm³/mol. The minimum absolute atomic E-state index is 0.0592. The van der Waals surface area contributed by atoms with Gasteiger partial charge in [-0.05, 0) is 14.0 Å². The molecule has 1 aliphatic carbocycles. The van der Waals surface area contributed by atoms with E-state index in [0.29, 0.717) is 17.8 Å². The fraction of sp³-hybridized carbons (Fsp3) is 0.632. The Hall–Kier alpha value is -2.47. The van der Waals surface area contributed by atoms with Gasteiger partial charge in [0.05, 0.1) is 30.9 Å². The molecule has 0 aromatic rings. The van der Waals surface area contributed by atoms with Crippen LogP contribution in [0.25, 0.3) is 0 Å². The fourth-order valence-electron chi connectivity index (χ4n) is 5.48. The quantitative estimate of drug-likeness (QED) is 0.422. The molecule has 11 heteroatoms. The molecule has 4 aliphatic heterocycles. The number of nitrogens with two attached hydrogens (primary N) is 1. The summed E-state index contributed by atoms with van der Waals surface area (Å²) in [4.78, 5) is 40.6. The first-order valence-corrected chi connectivity index (χ1v) is 9.75. The van der Waals surface area contributed by atoms with Gasteiger partial charge in [-0.15, -0.1) is 0 Å². The summed E-state index contributed by atoms with van der Waals surface area (Å²) in [5.74, 6) is -3.61. The molecule has 1 unspecified atom stereocenters. The van der Waals surface area contributed by atoms with Crippen molar-refractivity contribution in [1.29, 1.82) is 0 Å². The molecule has 11 nitrogen and oxygen atoms in total. The summed E-state index contributed by atoms with van der Waals surface area (Å²) in [6, 6.07) is -0.221. The molecule has 0 bridgehead atoms. The van der Waals surface area contributed by atoms with E-state index in [1.54, 1.807) is 11.8 Å². The van der Waals surface area contributed by atoms with Crippen molar-refractivity contribution >= 4 is 17.8 Å². The van der Waals surface area contributed by atoms with Gasteiger partial charge >= 0.3 is 12.1 Å². The maximum absolute atomic E-state index is 13.7. The third-order valence-electron chi connectivity index (χ3n) is 6.79. The van der Waals surface area contributed by atoms with Crippen molar-refractivity contribution in [1.82, 2.24) is 9.80 Å². The van der Waals surface area contributed by atoms with Crippen LogP contribution >= 0.6 is 0 Å². The highest BCUT2D eigenvalue weighted by atomic mass is 16.7. The van der Waals surface area contributed by atoms with Crippen molar-refractivity contribution in [3.63, 3.8) is 0 Å². The van der Waals surface area contributed by atoms with Gasteiger partial charge in [-0.25, -0.2) is 4.79 Å². The molecule has 1 spiro atoms. The summed E-state index contributed by atoms with van der Waals surface area (Å²) < 4.78 is 22.0. The first kappa shape index (κ1) is 19.5. The smallest absolute Gasteiger partial charge is 0.404 e. The van der Waals surface area contributed by atoms with Crippen LogP contribution < -0.4 is 5.73 Å². The molecule has 0 saturated carbocycles. The average molecular weight is 421 g/mol. The molecule has 5 atom stereocenters. The van der Waals surface area contributed by atoms with E-state index in [0.717, 1.165) is 0 Å². The van der Waals surface area contributed by atoms with Gasteiger partial charge in [0, 0.05) is 30.7 Å². The number of Topliss-reactive ketones (excluding diaryl/α,β-unsaturated/α-hetero) is 1. The van der Waals surface area contributed by atoms with Crippen LogP contribution in [0.1, 0.15) is 13.8 Å². The number of fused-ring (bicyclic) bond motifs is 4. The lowest BCUT2D eigenvalue weighted by atomic mass is 9.80. The van der Waals surface area contributed by atoms with E-state index in [1.807, 2.05) is 11.9 Å². The number of carbonyl (C=O) groups excluding carboxylic acids is 3. The van der Waals surface area contributed by atoms with E-state index >= 15 is 0 Å². The zero-order chi connectivity index (χ0) is 21.6. The van der Waals surface area contributed by atoms with Gasteiger partial charge in [0.2, 0.25) is 5.78 Å². The van der Waals surface area contributed by atoms with Crippen LogP contribution in [0.2, 0.25) is 0 Å². The van der Waals surface area contributed by atoms with E-state index < -0.39 is 35.3 Å². The lowest BCUT2D eigenvalue weighted by molar-refractivity contribution is -0.166. The van der Waals surface area contributed by atoms with Gasteiger partial charge in [-0.1, -0.05) is 0 Å². The molecular formula is C19H23N3O8. The van der Waals surface area contributed by atoms with E-state index in [2.05, 4.69) is 0 Å². The second-order valence-electron chi connectivity index (χ2n) is 8.21. The molecule has 3 fully saturated rings. The third kappa shape index (κ3) is 2.20. The molecule has 3 saturated heterocycles. The third-order valence-corrected chi connectivity index (χ3v) is 6.79. The minimum atomic E-state index is -1.74. The second kappa shape index (κ2) is 6.03. The van der Waals surface area contributed by atoms with Gasteiger partial charge in [0.25, 0.3) is 5.79 Å².